The molecule has 116 valence electrons. The van der Waals surface area contributed by atoms with Gasteiger partial charge >= 0.3 is 6.03 Å². The van der Waals surface area contributed by atoms with Gasteiger partial charge in [-0.05, 0) is 24.3 Å². The fourth-order valence-corrected chi connectivity index (χ4v) is 2.35. The Kier molecular flexibility index (Phi) is 3.19. The Hall–Kier alpha value is -3.29. The van der Waals surface area contributed by atoms with Crippen LogP contribution in [0.3, 0.4) is 0 Å². The van der Waals surface area contributed by atoms with Crippen molar-refractivity contribution in [2.75, 3.05) is 23.8 Å². The molecule has 1 aliphatic heterocycles. The van der Waals surface area contributed by atoms with Crippen molar-refractivity contribution in [1.82, 2.24) is 14.6 Å². The van der Waals surface area contributed by atoms with Crippen LogP contribution in [0.25, 0.3) is 5.65 Å². The highest BCUT2D eigenvalue weighted by Crippen LogP contribution is 2.32. The lowest BCUT2D eigenvalue weighted by molar-refractivity contribution is 0.171. The summed E-state index contributed by atoms with van der Waals surface area (Å²) >= 11 is 0. The molecule has 2 amide bonds. The molecular formula is C15H13N5O3. The number of amides is 2. The van der Waals surface area contributed by atoms with E-state index in [0.717, 1.165) is 0 Å². The molecule has 0 aliphatic carbocycles. The van der Waals surface area contributed by atoms with Crippen molar-refractivity contribution in [3.05, 3.63) is 42.9 Å². The zero-order chi connectivity index (χ0) is 15.6. The van der Waals surface area contributed by atoms with Crippen LogP contribution < -0.4 is 20.1 Å². The number of rotatable bonds is 2. The second kappa shape index (κ2) is 5.48. The van der Waals surface area contributed by atoms with E-state index in [1.165, 1.54) is 6.33 Å². The van der Waals surface area contributed by atoms with Crippen molar-refractivity contribution in [2.45, 2.75) is 0 Å². The van der Waals surface area contributed by atoms with Crippen LogP contribution in [0.15, 0.2) is 42.9 Å². The smallest absolute Gasteiger partial charge is 0.323 e. The Morgan fingerprint density at radius 3 is 2.91 bits per heavy atom. The number of nitrogens with one attached hydrogen (secondary N) is 2. The van der Waals surface area contributed by atoms with Crippen LogP contribution in [-0.4, -0.2) is 33.8 Å². The second-order valence-electron chi connectivity index (χ2n) is 4.89. The molecule has 0 saturated carbocycles. The number of carbonyl (C=O) groups is 1. The van der Waals surface area contributed by atoms with Gasteiger partial charge in [-0.25, -0.2) is 14.3 Å². The van der Waals surface area contributed by atoms with Gasteiger partial charge in [0.1, 0.15) is 19.5 Å². The molecule has 23 heavy (non-hydrogen) atoms. The summed E-state index contributed by atoms with van der Waals surface area (Å²) in [4.78, 5) is 16.3. The van der Waals surface area contributed by atoms with Gasteiger partial charge < -0.3 is 20.1 Å². The minimum atomic E-state index is -0.377. The third-order valence-electron chi connectivity index (χ3n) is 3.35. The molecule has 2 aromatic heterocycles. The highest BCUT2D eigenvalue weighted by molar-refractivity contribution is 6.01. The largest absolute Gasteiger partial charge is 0.486 e. The van der Waals surface area contributed by atoms with Crippen molar-refractivity contribution in [3.63, 3.8) is 0 Å². The number of urea groups is 1. The summed E-state index contributed by atoms with van der Waals surface area (Å²) in [5.41, 5.74) is 1.75. The molecule has 8 heteroatoms. The topological polar surface area (TPSA) is 89.8 Å². The van der Waals surface area contributed by atoms with Crippen LogP contribution in [0.1, 0.15) is 0 Å². The summed E-state index contributed by atoms with van der Waals surface area (Å²) in [5, 5.41) is 9.53. The average molecular weight is 311 g/mol. The fraction of sp³-hybridized carbons (Fsp3) is 0.133. The molecule has 2 N–H and O–H groups in total. The Balaban J connectivity index is 1.51. The average Bonchev–Trinajstić information content (AvgIpc) is 3.04. The minimum Gasteiger partial charge on any atom is -0.486 e. The van der Waals surface area contributed by atoms with Crippen LogP contribution in [-0.2, 0) is 0 Å². The number of carbonyl (C=O) groups excluding carboxylic acids is 1. The molecule has 3 aromatic rings. The first-order valence-corrected chi connectivity index (χ1v) is 7.05. The monoisotopic (exact) mass is 311 g/mol. The van der Waals surface area contributed by atoms with Gasteiger partial charge in [-0.1, -0.05) is 0 Å². The maximum absolute atomic E-state index is 12.2. The summed E-state index contributed by atoms with van der Waals surface area (Å²) in [6.07, 6.45) is 3.19. The SMILES string of the molecule is O=C(Nc1ccc2c(c1)OCCO2)Nc1cccn2ncnc12. The van der Waals surface area contributed by atoms with Crippen LogP contribution in [0.2, 0.25) is 0 Å². The van der Waals surface area contributed by atoms with E-state index >= 15 is 0 Å². The first kappa shape index (κ1) is 13.4. The van der Waals surface area contributed by atoms with Gasteiger partial charge in [0.2, 0.25) is 0 Å². The number of hydrogen-bond acceptors (Lipinski definition) is 5. The summed E-state index contributed by atoms with van der Waals surface area (Å²) in [5.74, 6) is 1.30. The Morgan fingerprint density at radius 2 is 2.00 bits per heavy atom. The van der Waals surface area contributed by atoms with E-state index < -0.39 is 0 Å². The van der Waals surface area contributed by atoms with E-state index in [9.17, 15) is 4.79 Å². The van der Waals surface area contributed by atoms with E-state index in [2.05, 4.69) is 20.7 Å². The molecule has 0 radical (unpaired) electrons. The molecule has 0 spiro atoms. The van der Waals surface area contributed by atoms with Crippen LogP contribution in [0, 0.1) is 0 Å². The predicted molar refractivity (Wildman–Crippen MR) is 83.1 cm³/mol. The third-order valence-corrected chi connectivity index (χ3v) is 3.35. The number of benzene rings is 1. The molecular weight excluding hydrogens is 298 g/mol. The molecule has 0 saturated heterocycles. The maximum Gasteiger partial charge on any atom is 0.323 e. The third kappa shape index (κ3) is 2.61. The highest BCUT2D eigenvalue weighted by atomic mass is 16.6. The lowest BCUT2D eigenvalue weighted by Gasteiger charge is -2.19. The van der Waals surface area contributed by atoms with Crippen molar-refractivity contribution in [3.8, 4) is 11.5 Å². The maximum atomic E-state index is 12.2. The van der Waals surface area contributed by atoms with E-state index in [1.807, 2.05) is 0 Å². The Bertz CT molecular complexity index is 876. The van der Waals surface area contributed by atoms with E-state index in [1.54, 1.807) is 41.0 Å². The van der Waals surface area contributed by atoms with Gasteiger partial charge in [0, 0.05) is 18.0 Å². The number of ether oxygens (including phenoxy) is 2. The van der Waals surface area contributed by atoms with Gasteiger partial charge in [0.05, 0.1) is 5.69 Å². The number of hydrogen-bond donors (Lipinski definition) is 2. The summed E-state index contributed by atoms with van der Waals surface area (Å²) < 4.78 is 12.5. The molecule has 0 atom stereocenters. The zero-order valence-corrected chi connectivity index (χ0v) is 12.0. The summed E-state index contributed by atoms with van der Waals surface area (Å²) in [7, 11) is 0. The van der Waals surface area contributed by atoms with Gasteiger partial charge in [0.15, 0.2) is 17.1 Å². The normalized spacial score (nSPS) is 12.9. The van der Waals surface area contributed by atoms with Crippen LogP contribution >= 0.6 is 0 Å². The standard InChI is InChI=1S/C15H13N5O3/c21-15(19-11-2-1-5-20-14(11)16-9-17-20)18-10-3-4-12-13(8-10)23-7-6-22-12/h1-5,8-9H,6-7H2,(H2,18,19,21). The predicted octanol–water partition coefficient (Wildman–Crippen LogP) is 2.14. The molecule has 4 rings (SSSR count). The van der Waals surface area contributed by atoms with Crippen molar-refractivity contribution in [2.24, 2.45) is 0 Å². The molecule has 1 aromatic carbocycles. The van der Waals surface area contributed by atoms with Crippen molar-refractivity contribution < 1.29 is 14.3 Å². The van der Waals surface area contributed by atoms with Gasteiger partial charge in [-0.3, -0.25) is 0 Å². The lowest BCUT2D eigenvalue weighted by atomic mass is 10.2. The number of aromatic nitrogens is 3. The number of pyridine rings is 1. The van der Waals surface area contributed by atoms with Crippen molar-refractivity contribution >= 4 is 23.1 Å². The highest BCUT2D eigenvalue weighted by Gasteiger charge is 2.13. The number of fused-ring (bicyclic) bond motifs is 2. The zero-order valence-electron chi connectivity index (χ0n) is 12.0. The quantitative estimate of drug-likeness (QED) is 0.757. The van der Waals surface area contributed by atoms with E-state index in [-0.39, 0.29) is 6.03 Å². The van der Waals surface area contributed by atoms with E-state index in [4.69, 9.17) is 9.47 Å². The van der Waals surface area contributed by atoms with Crippen LogP contribution in [0.5, 0.6) is 11.5 Å². The van der Waals surface area contributed by atoms with Gasteiger partial charge in [0.25, 0.3) is 0 Å². The first-order chi connectivity index (χ1) is 11.3. The number of anilines is 2. The molecule has 3 heterocycles. The summed E-state index contributed by atoms with van der Waals surface area (Å²) in [6, 6.07) is 8.41. The Labute approximate surface area is 131 Å². The number of nitrogens with zero attached hydrogens (tertiary/aromatic N) is 3. The van der Waals surface area contributed by atoms with Crippen LogP contribution in [0.4, 0.5) is 16.2 Å². The first-order valence-electron chi connectivity index (χ1n) is 7.05. The van der Waals surface area contributed by atoms with E-state index in [0.29, 0.717) is 41.7 Å². The minimum absolute atomic E-state index is 0.377. The summed E-state index contributed by atoms with van der Waals surface area (Å²) in [6.45, 7) is 1.03. The van der Waals surface area contributed by atoms with Crippen molar-refractivity contribution in [1.29, 1.82) is 0 Å². The fourth-order valence-electron chi connectivity index (χ4n) is 2.35. The van der Waals surface area contributed by atoms with Gasteiger partial charge in [-0.15, -0.1) is 0 Å². The molecule has 0 unspecified atom stereocenters. The lowest BCUT2D eigenvalue weighted by Crippen LogP contribution is -2.20. The molecule has 0 bridgehead atoms. The second-order valence-corrected chi connectivity index (χ2v) is 4.89. The Morgan fingerprint density at radius 1 is 1.13 bits per heavy atom. The molecule has 0 fully saturated rings. The molecule has 1 aliphatic rings. The molecule has 8 nitrogen and oxygen atoms in total. The van der Waals surface area contributed by atoms with Gasteiger partial charge in [-0.2, -0.15) is 5.10 Å².